The number of rotatable bonds is 9. The average Bonchev–Trinajstić information content (AvgIpc) is 3.54. The van der Waals surface area contributed by atoms with Crippen molar-refractivity contribution in [2.75, 3.05) is 49.6 Å². The second-order valence-corrected chi connectivity index (χ2v) is 10.2. The molecule has 38 heavy (non-hydrogen) atoms. The van der Waals surface area contributed by atoms with E-state index in [9.17, 15) is 14.4 Å². The van der Waals surface area contributed by atoms with Crippen molar-refractivity contribution in [2.45, 2.75) is 27.2 Å². The molecule has 4 heterocycles. The lowest BCUT2D eigenvalue weighted by atomic mass is 10.2. The predicted molar refractivity (Wildman–Crippen MR) is 152 cm³/mol. The van der Waals surface area contributed by atoms with Crippen LogP contribution in [0.15, 0.2) is 42.9 Å². The molecule has 198 valence electrons. The number of halogens is 1. The number of hydrogen-bond acceptors (Lipinski definition) is 8. The zero-order chi connectivity index (χ0) is 27.4. The average molecular weight is 534 g/mol. The van der Waals surface area contributed by atoms with E-state index in [1.807, 2.05) is 18.9 Å². The van der Waals surface area contributed by atoms with E-state index in [0.717, 1.165) is 73.4 Å². The Bertz CT molecular complexity index is 1450. The van der Waals surface area contributed by atoms with Gasteiger partial charge in [0.15, 0.2) is 5.13 Å². The van der Waals surface area contributed by atoms with Crippen molar-refractivity contribution < 1.29 is 9.18 Å². The Hall–Kier alpha value is -3.81. The van der Waals surface area contributed by atoms with Crippen molar-refractivity contribution in [1.82, 2.24) is 19.3 Å². The minimum Gasteiger partial charge on any atom is -0.368 e. The molecule has 8 nitrogen and oxygen atoms in total. The molecule has 0 atom stereocenters. The molecule has 0 bridgehead atoms. The molecule has 0 unspecified atom stereocenters. The summed E-state index contributed by atoms with van der Waals surface area (Å²) < 4.78 is 15.7. The zero-order valence-corrected chi connectivity index (χ0v) is 23.1. The Balaban J connectivity index is 1.74. The lowest BCUT2D eigenvalue weighted by molar-refractivity contribution is -0.108. The summed E-state index contributed by atoms with van der Waals surface area (Å²) in [5.41, 5.74) is 5.20. The summed E-state index contributed by atoms with van der Waals surface area (Å²) in [6.45, 7) is 13.2. The molecule has 0 aromatic carbocycles. The van der Waals surface area contributed by atoms with Crippen LogP contribution in [0.1, 0.15) is 35.7 Å². The zero-order valence-electron chi connectivity index (χ0n) is 22.2. The van der Waals surface area contributed by atoms with E-state index in [1.165, 1.54) is 17.4 Å². The highest BCUT2D eigenvalue weighted by atomic mass is 32.1. The molecule has 0 saturated carbocycles. The van der Waals surface area contributed by atoms with E-state index in [2.05, 4.69) is 53.0 Å². The van der Waals surface area contributed by atoms with Gasteiger partial charge in [-0.15, -0.1) is 0 Å². The van der Waals surface area contributed by atoms with Gasteiger partial charge in [0, 0.05) is 39.4 Å². The van der Waals surface area contributed by atoms with Crippen LogP contribution in [0.25, 0.3) is 11.2 Å². The first kappa shape index (κ1) is 27.2. The minimum atomic E-state index is -0.454. The number of nitrogens with zero attached hydrogens (tertiary/aromatic N) is 7. The molecule has 0 spiro atoms. The lowest BCUT2D eigenvalue weighted by Gasteiger charge is -2.35. The normalized spacial score (nSPS) is 15.1. The number of carbonyl (C=O) groups is 1. The first-order valence-electron chi connectivity index (χ1n) is 12.5. The van der Waals surface area contributed by atoms with Gasteiger partial charge in [-0.1, -0.05) is 30.9 Å². The molecule has 1 saturated heterocycles. The van der Waals surface area contributed by atoms with Crippen LogP contribution in [0.4, 0.5) is 21.0 Å². The van der Waals surface area contributed by atoms with Gasteiger partial charge in [0.25, 0.3) is 0 Å². The van der Waals surface area contributed by atoms with Gasteiger partial charge in [0.1, 0.15) is 34.5 Å². The fourth-order valence-corrected chi connectivity index (χ4v) is 5.52. The summed E-state index contributed by atoms with van der Waals surface area (Å²) in [4.78, 5) is 27.5. The van der Waals surface area contributed by atoms with Crippen molar-refractivity contribution in [1.29, 1.82) is 5.26 Å². The topological polar surface area (TPSA) is 80.8 Å². The third-order valence-electron chi connectivity index (χ3n) is 6.72. The molecule has 0 aliphatic carbocycles. The molecule has 3 aromatic heterocycles. The summed E-state index contributed by atoms with van der Waals surface area (Å²) in [6, 6.07) is 4.40. The second-order valence-electron chi connectivity index (χ2n) is 9.22. The third-order valence-corrected chi connectivity index (χ3v) is 7.76. The first-order valence-corrected chi connectivity index (χ1v) is 13.4. The van der Waals surface area contributed by atoms with Gasteiger partial charge in [0.05, 0.1) is 23.6 Å². The maximum absolute atomic E-state index is 13.6. The van der Waals surface area contributed by atoms with Gasteiger partial charge < -0.3 is 14.6 Å². The maximum Gasteiger partial charge on any atom is 0.192 e. The smallest absolute Gasteiger partial charge is 0.192 e. The predicted octanol–water partition coefficient (Wildman–Crippen LogP) is 5.06. The largest absolute Gasteiger partial charge is 0.368 e. The summed E-state index contributed by atoms with van der Waals surface area (Å²) in [5.74, 6) is 0.445. The highest BCUT2D eigenvalue weighted by molar-refractivity contribution is 7.16. The molecule has 0 radical (unpaired) electrons. The fourth-order valence-electron chi connectivity index (χ4n) is 4.62. The number of aryl methyl sites for hydroxylation is 2. The molecule has 10 heteroatoms. The van der Waals surface area contributed by atoms with Crippen molar-refractivity contribution in [3.8, 4) is 6.07 Å². The minimum absolute atomic E-state index is 0.454. The molecule has 1 aliphatic heterocycles. The molecule has 0 N–H and O–H groups in total. The maximum atomic E-state index is 13.6. The molecule has 4 rings (SSSR count). The van der Waals surface area contributed by atoms with E-state index in [0.29, 0.717) is 27.8 Å². The molecule has 1 fully saturated rings. The Morgan fingerprint density at radius 2 is 2.03 bits per heavy atom. The van der Waals surface area contributed by atoms with Gasteiger partial charge in [-0.3, -0.25) is 9.30 Å². The van der Waals surface area contributed by atoms with E-state index in [-0.39, 0.29) is 0 Å². The second kappa shape index (κ2) is 11.7. The lowest BCUT2D eigenvalue weighted by Crippen LogP contribution is -2.47. The number of hydrogen-bond donors (Lipinski definition) is 0. The number of fused-ring (bicyclic) bond motifs is 1. The highest BCUT2D eigenvalue weighted by Crippen LogP contribution is 2.36. The number of aromatic nitrogens is 3. The van der Waals surface area contributed by atoms with Crippen LogP contribution in [0, 0.1) is 18.3 Å². The van der Waals surface area contributed by atoms with Crippen LogP contribution in [0.3, 0.4) is 0 Å². The molecule has 3 aromatic rings. The SMILES string of the molecule is C=C/C(F)=C\C=C(/C)c1nc(N(C)c2c(CC)nc3c(C)cc(N4CCN(CC=O)CC4)cn23)sc1C#N. The number of piperazine rings is 1. The number of anilines is 3. The quantitative estimate of drug-likeness (QED) is 0.281. The summed E-state index contributed by atoms with van der Waals surface area (Å²) in [6.07, 6.45) is 7.86. The van der Waals surface area contributed by atoms with Crippen LogP contribution in [-0.4, -0.2) is 65.3 Å². The summed E-state index contributed by atoms with van der Waals surface area (Å²) >= 11 is 1.30. The van der Waals surface area contributed by atoms with Crippen LogP contribution >= 0.6 is 11.3 Å². The fraction of sp³-hybridized carbons (Fsp3) is 0.357. The van der Waals surface area contributed by atoms with Gasteiger partial charge in [-0.2, -0.15) is 5.26 Å². The molecule has 1 aliphatic rings. The number of pyridine rings is 1. The van der Waals surface area contributed by atoms with E-state index < -0.39 is 5.83 Å². The molecular formula is C28H32FN7OS. The summed E-state index contributed by atoms with van der Waals surface area (Å²) in [5, 5.41) is 10.4. The number of imidazole rings is 1. The monoisotopic (exact) mass is 533 g/mol. The standard InChI is InChI=1S/C28H32FN7OS/c1-6-21(29)9-8-19(3)25-24(17-30)38-28(32-25)33(5)27-23(7-2)31-26-20(4)16-22(18-36(26)27)35-12-10-34(11-13-35)14-15-37/h6,8-9,15-16,18H,1,7,10-14H2,2-5H3/b19-8+,21-9+. The van der Waals surface area contributed by atoms with Gasteiger partial charge >= 0.3 is 0 Å². The van der Waals surface area contributed by atoms with Crippen LogP contribution in [-0.2, 0) is 11.2 Å². The number of aldehydes is 1. The number of thiazole rings is 1. The molecular weight excluding hydrogens is 501 g/mol. The Labute approximate surface area is 226 Å². The number of allylic oxidation sites excluding steroid dienone is 5. The molecule has 0 amide bonds. The Morgan fingerprint density at radius 3 is 2.66 bits per heavy atom. The van der Waals surface area contributed by atoms with Gasteiger partial charge in [0.2, 0.25) is 0 Å². The Kier molecular flexibility index (Phi) is 8.39. The van der Waals surface area contributed by atoms with Crippen molar-refractivity contribution >= 4 is 45.5 Å². The van der Waals surface area contributed by atoms with Crippen LogP contribution in [0.2, 0.25) is 0 Å². The van der Waals surface area contributed by atoms with Crippen LogP contribution < -0.4 is 9.80 Å². The van der Waals surface area contributed by atoms with Gasteiger partial charge in [-0.25, -0.2) is 14.4 Å². The third kappa shape index (κ3) is 5.39. The summed E-state index contributed by atoms with van der Waals surface area (Å²) in [7, 11) is 1.93. The number of carbonyl (C=O) groups excluding carboxylic acids is 1. The van der Waals surface area contributed by atoms with Crippen molar-refractivity contribution in [2.24, 2.45) is 0 Å². The Morgan fingerprint density at radius 1 is 1.29 bits per heavy atom. The highest BCUT2D eigenvalue weighted by Gasteiger charge is 2.24. The van der Waals surface area contributed by atoms with Crippen molar-refractivity contribution in [3.05, 3.63) is 64.7 Å². The van der Waals surface area contributed by atoms with E-state index in [1.54, 1.807) is 6.08 Å². The van der Waals surface area contributed by atoms with Crippen molar-refractivity contribution in [3.63, 3.8) is 0 Å². The van der Waals surface area contributed by atoms with E-state index in [4.69, 9.17) is 9.97 Å². The van der Waals surface area contributed by atoms with Gasteiger partial charge in [-0.05, 0) is 49.6 Å². The first-order chi connectivity index (χ1) is 18.3. The van der Waals surface area contributed by atoms with Crippen LogP contribution in [0.5, 0.6) is 0 Å². The number of nitriles is 1. The van der Waals surface area contributed by atoms with E-state index >= 15 is 0 Å².